The predicted octanol–water partition coefficient (Wildman–Crippen LogP) is 2.98. The van der Waals surface area contributed by atoms with Gasteiger partial charge < -0.3 is 10.2 Å². The second-order valence-corrected chi connectivity index (χ2v) is 6.32. The van der Waals surface area contributed by atoms with E-state index in [2.05, 4.69) is 26.2 Å². The van der Waals surface area contributed by atoms with E-state index in [1.54, 1.807) is 6.20 Å². The SMILES string of the molecule is Cl.O=C(Cc1cccc(Br)c1)N1CCNCC1c1cccnc1. The van der Waals surface area contributed by atoms with Gasteiger partial charge in [0.15, 0.2) is 0 Å². The average Bonchev–Trinajstić information content (AvgIpc) is 2.56. The van der Waals surface area contributed by atoms with Gasteiger partial charge in [-0.2, -0.15) is 0 Å². The molecule has 0 aliphatic carbocycles. The molecule has 1 aliphatic rings. The molecule has 1 aromatic carbocycles. The van der Waals surface area contributed by atoms with E-state index >= 15 is 0 Å². The normalized spacial score (nSPS) is 17.4. The number of nitrogens with zero attached hydrogens (tertiary/aromatic N) is 2. The van der Waals surface area contributed by atoms with E-state index in [1.165, 1.54) is 0 Å². The molecule has 0 radical (unpaired) electrons. The van der Waals surface area contributed by atoms with Crippen molar-refractivity contribution >= 4 is 34.2 Å². The molecule has 1 aromatic heterocycles. The molecule has 122 valence electrons. The van der Waals surface area contributed by atoms with Gasteiger partial charge in [-0.1, -0.05) is 34.1 Å². The predicted molar refractivity (Wildman–Crippen MR) is 96.7 cm³/mol. The number of piperazine rings is 1. The topological polar surface area (TPSA) is 45.2 Å². The van der Waals surface area contributed by atoms with Crippen LogP contribution in [0.3, 0.4) is 0 Å². The van der Waals surface area contributed by atoms with Crippen molar-refractivity contribution in [1.82, 2.24) is 15.2 Å². The summed E-state index contributed by atoms with van der Waals surface area (Å²) in [5.74, 6) is 0.161. The molecule has 3 rings (SSSR count). The maximum atomic E-state index is 12.7. The van der Waals surface area contributed by atoms with Crippen LogP contribution in [0.4, 0.5) is 0 Å². The fraction of sp³-hybridized carbons (Fsp3) is 0.294. The van der Waals surface area contributed by atoms with E-state index in [0.29, 0.717) is 6.42 Å². The van der Waals surface area contributed by atoms with E-state index in [0.717, 1.165) is 35.2 Å². The molecule has 6 heteroatoms. The van der Waals surface area contributed by atoms with E-state index in [9.17, 15) is 4.79 Å². The maximum Gasteiger partial charge on any atom is 0.227 e. The Bertz CT molecular complexity index is 653. The van der Waals surface area contributed by atoms with E-state index in [-0.39, 0.29) is 24.4 Å². The first-order valence-electron chi connectivity index (χ1n) is 7.38. The number of aromatic nitrogens is 1. The first-order valence-corrected chi connectivity index (χ1v) is 8.18. The van der Waals surface area contributed by atoms with Crippen LogP contribution < -0.4 is 5.32 Å². The summed E-state index contributed by atoms with van der Waals surface area (Å²) in [7, 11) is 0. The summed E-state index contributed by atoms with van der Waals surface area (Å²) in [5.41, 5.74) is 2.11. The summed E-state index contributed by atoms with van der Waals surface area (Å²) >= 11 is 3.45. The first kappa shape index (κ1) is 17.9. The first-order chi connectivity index (χ1) is 10.7. The molecule has 2 heterocycles. The van der Waals surface area contributed by atoms with Crippen LogP contribution in [0.1, 0.15) is 17.2 Å². The summed E-state index contributed by atoms with van der Waals surface area (Å²) in [6, 6.07) is 11.9. The zero-order valence-corrected chi connectivity index (χ0v) is 15.0. The lowest BCUT2D eigenvalue weighted by atomic mass is 10.0. The standard InChI is InChI=1S/C17H18BrN3O.ClH/c18-15-5-1-3-13(9-15)10-17(22)21-8-7-20-12-16(21)14-4-2-6-19-11-14;/h1-6,9,11,16,20H,7-8,10,12H2;1H. The number of hydrogen-bond acceptors (Lipinski definition) is 3. The fourth-order valence-electron chi connectivity index (χ4n) is 2.80. The number of halogens is 2. The summed E-state index contributed by atoms with van der Waals surface area (Å²) < 4.78 is 1.00. The van der Waals surface area contributed by atoms with Crippen LogP contribution in [-0.4, -0.2) is 35.4 Å². The number of carbonyl (C=O) groups excluding carboxylic acids is 1. The highest BCUT2D eigenvalue weighted by atomic mass is 79.9. The zero-order valence-electron chi connectivity index (χ0n) is 12.6. The van der Waals surface area contributed by atoms with Crippen LogP contribution in [-0.2, 0) is 11.2 Å². The van der Waals surface area contributed by atoms with Crippen LogP contribution in [0.25, 0.3) is 0 Å². The third-order valence-electron chi connectivity index (χ3n) is 3.88. The monoisotopic (exact) mass is 395 g/mol. The Balaban J connectivity index is 0.00000192. The average molecular weight is 397 g/mol. The lowest BCUT2D eigenvalue weighted by molar-refractivity contribution is -0.133. The van der Waals surface area contributed by atoms with Crippen LogP contribution in [0.5, 0.6) is 0 Å². The highest BCUT2D eigenvalue weighted by Gasteiger charge is 2.27. The largest absolute Gasteiger partial charge is 0.333 e. The minimum absolute atomic E-state index is 0. The number of nitrogens with one attached hydrogen (secondary N) is 1. The van der Waals surface area contributed by atoms with E-state index in [1.807, 2.05) is 47.5 Å². The summed E-state index contributed by atoms with van der Waals surface area (Å²) in [6.07, 6.45) is 4.03. The molecule has 23 heavy (non-hydrogen) atoms. The molecule has 1 unspecified atom stereocenters. The van der Waals surface area contributed by atoms with Gasteiger partial charge in [0.2, 0.25) is 5.91 Å². The van der Waals surface area contributed by atoms with Crippen molar-refractivity contribution in [3.05, 3.63) is 64.4 Å². The Hall–Kier alpha value is -1.43. The lowest BCUT2D eigenvalue weighted by Gasteiger charge is -2.36. The smallest absolute Gasteiger partial charge is 0.227 e. The van der Waals surface area contributed by atoms with Crippen molar-refractivity contribution in [3.63, 3.8) is 0 Å². The highest BCUT2D eigenvalue weighted by Crippen LogP contribution is 2.23. The van der Waals surface area contributed by atoms with E-state index < -0.39 is 0 Å². The number of pyridine rings is 1. The molecule has 1 atom stereocenters. The molecular formula is C17H19BrClN3O. The van der Waals surface area contributed by atoms with Crippen LogP contribution in [0, 0.1) is 0 Å². The van der Waals surface area contributed by atoms with Gasteiger partial charge in [0.05, 0.1) is 12.5 Å². The molecule has 0 saturated carbocycles. The van der Waals surface area contributed by atoms with E-state index in [4.69, 9.17) is 0 Å². The number of rotatable bonds is 3. The summed E-state index contributed by atoms with van der Waals surface area (Å²) in [6.45, 7) is 2.34. The quantitative estimate of drug-likeness (QED) is 0.867. The Kier molecular flexibility index (Phi) is 6.57. The van der Waals surface area contributed by atoms with Gasteiger partial charge in [0, 0.05) is 36.5 Å². The van der Waals surface area contributed by atoms with Crippen LogP contribution in [0.2, 0.25) is 0 Å². The maximum absolute atomic E-state index is 12.7. The van der Waals surface area contributed by atoms with Crippen molar-refractivity contribution in [2.75, 3.05) is 19.6 Å². The molecule has 1 saturated heterocycles. The van der Waals surface area contributed by atoms with Crippen molar-refractivity contribution in [1.29, 1.82) is 0 Å². The molecular weight excluding hydrogens is 378 g/mol. The Morgan fingerprint density at radius 3 is 2.96 bits per heavy atom. The molecule has 4 nitrogen and oxygen atoms in total. The van der Waals surface area contributed by atoms with Crippen LogP contribution in [0.15, 0.2) is 53.3 Å². The number of benzene rings is 1. The molecule has 0 bridgehead atoms. The summed E-state index contributed by atoms with van der Waals surface area (Å²) in [5, 5.41) is 3.36. The van der Waals surface area contributed by atoms with Crippen LogP contribution >= 0.6 is 28.3 Å². The third-order valence-corrected chi connectivity index (χ3v) is 4.37. The molecule has 0 spiro atoms. The van der Waals surface area contributed by atoms with Gasteiger partial charge in [0.1, 0.15) is 0 Å². The molecule has 1 amide bonds. The van der Waals surface area contributed by atoms with Gasteiger partial charge >= 0.3 is 0 Å². The van der Waals surface area contributed by atoms with Crippen molar-refractivity contribution in [2.45, 2.75) is 12.5 Å². The Labute approximate surface area is 150 Å². The molecule has 1 fully saturated rings. The molecule has 1 aliphatic heterocycles. The van der Waals surface area contributed by atoms with Crippen molar-refractivity contribution in [3.8, 4) is 0 Å². The lowest BCUT2D eigenvalue weighted by Crippen LogP contribution is -2.49. The fourth-order valence-corrected chi connectivity index (χ4v) is 3.24. The van der Waals surface area contributed by atoms with Crippen molar-refractivity contribution in [2.24, 2.45) is 0 Å². The minimum Gasteiger partial charge on any atom is -0.333 e. The second-order valence-electron chi connectivity index (χ2n) is 5.40. The van der Waals surface area contributed by atoms with Crippen molar-refractivity contribution < 1.29 is 4.79 Å². The highest BCUT2D eigenvalue weighted by molar-refractivity contribution is 9.10. The minimum atomic E-state index is 0. The third kappa shape index (κ3) is 4.53. The number of amides is 1. The molecule has 1 N–H and O–H groups in total. The zero-order chi connectivity index (χ0) is 15.4. The second kappa shape index (κ2) is 8.43. The van der Waals surface area contributed by atoms with Gasteiger partial charge in [0.25, 0.3) is 0 Å². The summed E-state index contributed by atoms with van der Waals surface area (Å²) in [4.78, 5) is 18.9. The van der Waals surface area contributed by atoms with Gasteiger partial charge in [-0.05, 0) is 29.3 Å². The van der Waals surface area contributed by atoms with Gasteiger partial charge in [-0.3, -0.25) is 9.78 Å². The number of hydrogen-bond donors (Lipinski definition) is 1. The number of carbonyl (C=O) groups is 1. The van der Waals surface area contributed by atoms with Gasteiger partial charge in [-0.15, -0.1) is 12.4 Å². The van der Waals surface area contributed by atoms with Gasteiger partial charge in [-0.25, -0.2) is 0 Å². The Morgan fingerprint density at radius 1 is 1.35 bits per heavy atom. The molecule has 2 aromatic rings. The Morgan fingerprint density at radius 2 is 2.22 bits per heavy atom.